The lowest BCUT2D eigenvalue weighted by Gasteiger charge is -2.19. The second kappa shape index (κ2) is 7.80. The summed E-state index contributed by atoms with van der Waals surface area (Å²) < 4.78 is 5.29. The molecule has 0 bridgehead atoms. The van der Waals surface area contributed by atoms with Crippen molar-refractivity contribution < 1.29 is 9.32 Å². The van der Waals surface area contributed by atoms with Crippen molar-refractivity contribution in [1.29, 1.82) is 0 Å². The van der Waals surface area contributed by atoms with Gasteiger partial charge in [0.05, 0.1) is 0 Å². The summed E-state index contributed by atoms with van der Waals surface area (Å²) in [6, 6.07) is 7.21. The molecule has 0 saturated carbocycles. The molecule has 0 unspecified atom stereocenters. The standard InChI is InChI=1S/C18H21ClN4O2/c1-22-10-8-13(9-11-22)18-20-16(25-21-18)6-7-17(24)23(2)15-5-3-4-14(19)12-15/h3-5,8,12H,6-7,9-11H2,1-2H3. The molecule has 132 valence electrons. The van der Waals surface area contributed by atoms with E-state index in [0.29, 0.717) is 29.6 Å². The Kier molecular flexibility index (Phi) is 5.50. The van der Waals surface area contributed by atoms with E-state index < -0.39 is 0 Å². The number of halogens is 1. The zero-order chi connectivity index (χ0) is 17.8. The number of rotatable bonds is 5. The van der Waals surface area contributed by atoms with Gasteiger partial charge in [-0.05, 0) is 37.2 Å². The smallest absolute Gasteiger partial charge is 0.227 e. The van der Waals surface area contributed by atoms with Gasteiger partial charge in [-0.3, -0.25) is 4.79 Å². The highest BCUT2D eigenvalue weighted by atomic mass is 35.5. The van der Waals surface area contributed by atoms with Crippen molar-refractivity contribution in [3.05, 3.63) is 47.1 Å². The first-order valence-corrected chi connectivity index (χ1v) is 8.63. The molecule has 1 aromatic carbocycles. The summed E-state index contributed by atoms with van der Waals surface area (Å²) in [5.41, 5.74) is 1.87. The lowest BCUT2D eigenvalue weighted by atomic mass is 10.1. The number of carbonyl (C=O) groups is 1. The van der Waals surface area contributed by atoms with Crippen LogP contribution in [0.4, 0.5) is 5.69 Å². The zero-order valence-corrected chi connectivity index (χ0v) is 15.2. The molecule has 0 atom stereocenters. The number of hydrogen-bond donors (Lipinski definition) is 0. The van der Waals surface area contributed by atoms with Crippen LogP contribution in [0.2, 0.25) is 5.02 Å². The second-order valence-corrected chi connectivity index (χ2v) is 6.62. The Bertz CT molecular complexity index is 787. The van der Waals surface area contributed by atoms with E-state index in [1.54, 1.807) is 24.1 Å². The number of carbonyl (C=O) groups excluding carboxylic acids is 1. The maximum absolute atomic E-state index is 12.3. The van der Waals surface area contributed by atoms with Crippen molar-refractivity contribution >= 4 is 28.8 Å². The van der Waals surface area contributed by atoms with Crippen LogP contribution in [0.15, 0.2) is 34.9 Å². The summed E-state index contributed by atoms with van der Waals surface area (Å²) in [7, 11) is 3.81. The fourth-order valence-corrected chi connectivity index (χ4v) is 2.86. The molecule has 0 aliphatic carbocycles. The molecule has 3 rings (SSSR count). The Morgan fingerprint density at radius 2 is 2.28 bits per heavy atom. The number of amides is 1. The SMILES string of the molecule is CN1CC=C(c2noc(CCC(=O)N(C)c3cccc(Cl)c3)n2)CC1. The van der Waals surface area contributed by atoms with Gasteiger partial charge >= 0.3 is 0 Å². The molecule has 1 aliphatic heterocycles. The van der Waals surface area contributed by atoms with E-state index >= 15 is 0 Å². The predicted octanol–water partition coefficient (Wildman–Crippen LogP) is 3.04. The van der Waals surface area contributed by atoms with Gasteiger partial charge in [0.1, 0.15) is 0 Å². The van der Waals surface area contributed by atoms with E-state index in [1.165, 1.54) is 0 Å². The van der Waals surface area contributed by atoms with Crippen LogP contribution in [0.1, 0.15) is 24.6 Å². The van der Waals surface area contributed by atoms with Crippen LogP contribution in [-0.2, 0) is 11.2 Å². The minimum Gasteiger partial charge on any atom is -0.339 e. The van der Waals surface area contributed by atoms with Gasteiger partial charge in [-0.15, -0.1) is 0 Å². The van der Waals surface area contributed by atoms with E-state index in [4.69, 9.17) is 16.1 Å². The Hall–Kier alpha value is -2.18. The molecule has 25 heavy (non-hydrogen) atoms. The summed E-state index contributed by atoms with van der Waals surface area (Å²) >= 11 is 5.97. The highest BCUT2D eigenvalue weighted by Crippen LogP contribution is 2.21. The second-order valence-electron chi connectivity index (χ2n) is 6.19. The Balaban J connectivity index is 1.58. The highest BCUT2D eigenvalue weighted by Gasteiger charge is 2.17. The third kappa shape index (κ3) is 4.46. The number of nitrogens with zero attached hydrogens (tertiary/aromatic N) is 4. The van der Waals surface area contributed by atoms with Gasteiger partial charge in [-0.2, -0.15) is 4.98 Å². The third-order valence-electron chi connectivity index (χ3n) is 4.29. The minimum atomic E-state index is -0.0273. The molecule has 2 aromatic rings. The van der Waals surface area contributed by atoms with E-state index in [-0.39, 0.29) is 5.91 Å². The lowest BCUT2D eigenvalue weighted by Crippen LogP contribution is -2.26. The Labute approximate surface area is 152 Å². The molecule has 1 aliphatic rings. The first-order valence-electron chi connectivity index (χ1n) is 8.25. The fourth-order valence-electron chi connectivity index (χ4n) is 2.67. The highest BCUT2D eigenvalue weighted by molar-refractivity contribution is 6.30. The average molecular weight is 361 g/mol. The lowest BCUT2D eigenvalue weighted by molar-refractivity contribution is -0.118. The summed E-state index contributed by atoms with van der Waals surface area (Å²) in [6.45, 7) is 1.88. The van der Waals surface area contributed by atoms with Crippen molar-refractivity contribution in [2.75, 3.05) is 32.1 Å². The Morgan fingerprint density at radius 3 is 3.00 bits per heavy atom. The normalized spacial score (nSPS) is 15.1. The van der Waals surface area contributed by atoms with Crippen molar-refractivity contribution in [1.82, 2.24) is 15.0 Å². The Morgan fingerprint density at radius 1 is 1.44 bits per heavy atom. The molecule has 0 fully saturated rings. The van der Waals surface area contributed by atoms with Gasteiger partial charge in [-0.25, -0.2) is 0 Å². The number of aryl methyl sites for hydroxylation is 1. The predicted molar refractivity (Wildman–Crippen MR) is 97.6 cm³/mol. The van der Waals surface area contributed by atoms with Gasteiger partial charge in [0, 0.05) is 43.7 Å². The molecule has 1 aromatic heterocycles. The largest absolute Gasteiger partial charge is 0.339 e. The molecule has 0 spiro atoms. The minimum absolute atomic E-state index is 0.0273. The summed E-state index contributed by atoms with van der Waals surface area (Å²) in [5, 5.41) is 4.64. The van der Waals surface area contributed by atoms with E-state index in [1.807, 2.05) is 12.1 Å². The maximum atomic E-state index is 12.3. The molecule has 0 radical (unpaired) electrons. The fraction of sp³-hybridized carbons (Fsp3) is 0.389. The number of likely N-dealkylation sites (N-methyl/N-ethyl adjacent to an activating group) is 1. The first kappa shape index (κ1) is 17.6. The molecular weight excluding hydrogens is 340 g/mol. The number of benzene rings is 1. The van der Waals surface area contributed by atoms with Crippen molar-refractivity contribution in [3.63, 3.8) is 0 Å². The third-order valence-corrected chi connectivity index (χ3v) is 4.52. The number of aromatic nitrogens is 2. The first-order chi connectivity index (χ1) is 12.0. The van der Waals surface area contributed by atoms with Crippen molar-refractivity contribution in [2.45, 2.75) is 19.3 Å². The molecular formula is C18H21ClN4O2. The van der Waals surface area contributed by atoms with Crippen LogP contribution >= 0.6 is 11.6 Å². The van der Waals surface area contributed by atoms with Gasteiger partial charge < -0.3 is 14.3 Å². The molecule has 6 nitrogen and oxygen atoms in total. The van der Waals surface area contributed by atoms with Crippen LogP contribution in [0.25, 0.3) is 5.57 Å². The van der Waals surface area contributed by atoms with Crippen LogP contribution in [-0.4, -0.2) is 48.1 Å². The van der Waals surface area contributed by atoms with Crippen LogP contribution in [0.3, 0.4) is 0 Å². The molecule has 1 amide bonds. The van der Waals surface area contributed by atoms with E-state index in [0.717, 1.165) is 30.8 Å². The molecule has 2 heterocycles. The van der Waals surface area contributed by atoms with Crippen LogP contribution < -0.4 is 4.90 Å². The number of anilines is 1. The van der Waals surface area contributed by atoms with Crippen LogP contribution in [0, 0.1) is 0 Å². The summed E-state index contributed by atoms with van der Waals surface area (Å²) in [5.74, 6) is 1.10. The summed E-state index contributed by atoms with van der Waals surface area (Å²) in [4.78, 5) is 20.6. The van der Waals surface area contributed by atoms with Crippen molar-refractivity contribution in [2.24, 2.45) is 0 Å². The average Bonchev–Trinajstić information content (AvgIpc) is 3.08. The molecule has 0 N–H and O–H groups in total. The topological polar surface area (TPSA) is 62.5 Å². The van der Waals surface area contributed by atoms with Crippen molar-refractivity contribution in [3.8, 4) is 0 Å². The quantitative estimate of drug-likeness (QED) is 0.820. The van der Waals surface area contributed by atoms with Gasteiger partial charge in [0.15, 0.2) is 5.82 Å². The van der Waals surface area contributed by atoms with Crippen LogP contribution in [0.5, 0.6) is 0 Å². The van der Waals surface area contributed by atoms with Gasteiger partial charge in [0.25, 0.3) is 0 Å². The van der Waals surface area contributed by atoms with E-state index in [2.05, 4.69) is 28.2 Å². The zero-order valence-electron chi connectivity index (χ0n) is 14.4. The number of hydrogen-bond acceptors (Lipinski definition) is 5. The van der Waals surface area contributed by atoms with Gasteiger partial charge in [-0.1, -0.05) is 28.9 Å². The van der Waals surface area contributed by atoms with Gasteiger partial charge in [0.2, 0.25) is 11.8 Å². The molecule has 7 heteroatoms. The summed E-state index contributed by atoms with van der Waals surface area (Å²) in [6.07, 6.45) is 3.75. The maximum Gasteiger partial charge on any atom is 0.227 e. The monoisotopic (exact) mass is 360 g/mol. The van der Waals surface area contributed by atoms with E-state index in [9.17, 15) is 4.79 Å². The molecule has 0 saturated heterocycles.